The highest BCUT2D eigenvalue weighted by Gasteiger charge is 2.30. The molecule has 2 amide bonds. The van der Waals surface area contributed by atoms with Crippen LogP contribution in [0, 0.1) is 0 Å². The Morgan fingerprint density at radius 1 is 1.10 bits per heavy atom. The summed E-state index contributed by atoms with van der Waals surface area (Å²) in [5.74, 6) is -1.40. The molecule has 0 radical (unpaired) electrons. The standard InChI is InChI=1S/C21H20N4O4/c22-20(27)10-9-18(19(26)11-24-23)25-21(28)29-12-17-15-7-3-1-5-13(15)14-6-2-4-8-16(14)17/h1-8,11,17-18H,9-10,12H2,(H2,22,27)(H,25,28)/t18-/m0/s1. The summed E-state index contributed by atoms with van der Waals surface area (Å²) in [6.45, 7) is 0.0880. The molecular formula is C21H20N4O4. The molecule has 0 bridgehead atoms. The van der Waals surface area contributed by atoms with Crippen LogP contribution in [-0.2, 0) is 14.3 Å². The number of hydrogen-bond donors (Lipinski definition) is 2. The van der Waals surface area contributed by atoms with E-state index in [4.69, 9.17) is 16.0 Å². The summed E-state index contributed by atoms with van der Waals surface area (Å²) >= 11 is 0. The van der Waals surface area contributed by atoms with Gasteiger partial charge in [-0.2, -0.15) is 4.79 Å². The molecule has 1 aliphatic carbocycles. The first-order valence-electron chi connectivity index (χ1n) is 9.12. The minimum absolute atomic E-state index is 0.0234. The predicted octanol–water partition coefficient (Wildman–Crippen LogP) is 2.03. The molecule has 1 aliphatic rings. The third-order valence-corrected chi connectivity index (χ3v) is 4.84. The lowest BCUT2D eigenvalue weighted by Gasteiger charge is -2.17. The van der Waals surface area contributed by atoms with E-state index in [0.29, 0.717) is 6.21 Å². The number of fused-ring (bicyclic) bond motifs is 3. The first kappa shape index (κ1) is 20.0. The normalized spacial score (nSPS) is 12.8. The van der Waals surface area contributed by atoms with Gasteiger partial charge in [0.15, 0.2) is 0 Å². The van der Waals surface area contributed by atoms with Crippen molar-refractivity contribution in [2.45, 2.75) is 24.8 Å². The topological polar surface area (TPSA) is 135 Å². The van der Waals surface area contributed by atoms with Gasteiger partial charge in [0.25, 0.3) is 5.78 Å². The monoisotopic (exact) mass is 392 g/mol. The Balaban J connectivity index is 1.69. The van der Waals surface area contributed by atoms with Gasteiger partial charge < -0.3 is 21.3 Å². The van der Waals surface area contributed by atoms with Gasteiger partial charge in [0.1, 0.15) is 12.6 Å². The Morgan fingerprint density at radius 3 is 2.24 bits per heavy atom. The van der Waals surface area contributed by atoms with E-state index in [2.05, 4.69) is 10.1 Å². The van der Waals surface area contributed by atoms with Crippen molar-refractivity contribution in [2.75, 3.05) is 6.61 Å². The highest BCUT2D eigenvalue weighted by Crippen LogP contribution is 2.44. The predicted molar refractivity (Wildman–Crippen MR) is 105 cm³/mol. The number of ether oxygens (including phenoxy) is 1. The smallest absolute Gasteiger partial charge is 0.407 e. The Kier molecular flexibility index (Phi) is 6.16. The first-order valence-corrected chi connectivity index (χ1v) is 9.12. The van der Waals surface area contributed by atoms with Crippen LogP contribution in [0.5, 0.6) is 0 Å². The van der Waals surface area contributed by atoms with E-state index in [1.54, 1.807) is 0 Å². The summed E-state index contributed by atoms with van der Waals surface area (Å²) < 4.78 is 5.38. The minimum atomic E-state index is -1.07. The van der Waals surface area contributed by atoms with Crippen LogP contribution in [0.3, 0.4) is 0 Å². The van der Waals surface area contributed by atoms with Gasteiger partial charge in [-0.25, -0.2) is 4.79 Å². The van der Waals surface area contributed by atoms with Crippen LogP contribution < -0.4 is 11.1 Å². The maximum absolute atomic E-state index is 12.3. The lowest BCUT2D eigenvalue weighted by molar-refractivity contribution is -0.119. The number of rotatable bonds is 8. The summed E-state index contributed by atoms with van der Waals surface area (Å²) in [6.07, 6.45) is -0.278. The Hall–Kier alpha value is -3.77. The van der Waals surface area contributed by atoms with Crippen molar-refractivity contribution < 1.29 is 23.9 Å². The van der Waals surface area contributed by atoms with Crippen LogP contribution in [0.15, 0.2) is 48.5 Å². The fourth-order valence-electron chi connectivity index (χ4n) is 3.50. The largest absolute Gasteiger partial charge is 0.449 e. The Morgan fingerprint density at radius 2 is 1.69 bits per heavy atom. The van der Waals surface area contributed by atoms with Crippen LogP contribution in [0.2, 0.25) is 0 Å². The fraction of sp³-hybridized carbons (Fsp3) is 0.238. The summed E-state index contributed by atoms with van der Waals surface area (Å²) in [7, 11) is 0. The molecule has 3 N–H and O–H groups in total. The number of nitrogens with two attached hydrogens (primary N) is 1. The van der Waals surface area contributed by atoms with Gasteiger partial charge >= 0.3 is 12.3 Å². The number of hydrogen-bond acceptors (Lipinski definition) is 4. The molecule has 0 fully saturated rings. The number of amides is 2. The quantitative estimate of drug-likeness (QED) is 0.404. The second kappa shape index (κ2) is 8.95. The van der Waals surface area contributed by atoms with E-state index >= 15 is 0 Å². The molecule has 3 rings (SSSR count). The van der Waals surface area contributed by atoms with Gasteiger partial charge in [-0.1, -0.05) is 48.5 Å². The van der Waals surface area contributed by atoms with E-state index in [0.717, 1.165) is 22.3 Å². The molecular weight excluding hydrogens is 372 g/mol. The SMILES string of the molecule is [N-]=[N+]=CC(=O)[C@H](CCC(N)=O)NC(=O)OCC1c2ccccc2-c2ccccc21. The molecule has 0 heterocycles. The third-order valence-electron chi connectivity index (χ3n) is 4.84. The van der Waals surface area contributed by atoms with Crippen molar-refractivity contribution in [1.29, 1.82) is 0 Å². The number of alkyl carbamates (subject to hydrolysis) is 1. The van der Waals surface area contributed by atoms with E-state index in [1.165, 1.54) is 0 Å². The number of carbonyl (C=O) groups is 3. The first-order chi connectivity index (χ1) is 14.0. The Bertz CT molecular complexity index is 952. The van der Waals surface area contributed by atoms with Crippen molar-refractivity contribution in [3.8, 4) is 11.1 Å². The van der Waals surface area contributed by atoms with E-state index < -0.39 is 23.8 Å². The molecule has 0 unspecified atom stereocenters. The summed E-state index contributed by atoms with van der Waals surface area (Å²) in [5.41, 5.74) is 18.0. The summed E-state index contributed by atoms with van der Waals surface area (Å²) in [6, 6.07) is 14.8. The van der Waals surface area contributed by atoms with Gasteiger partial charge in [-0.15, -0.1) is 0 Å². The van der Waals surface area contributed by atoms with Crippen LogP contribution in [0.1, 0.15) is 29.9 Å². The van der Waals surface area contributed by atoms with Crippen molar-refractivity contribution in [1.82, 2.24) is 5.32 Å². The molecule has 0 spiro atoms. The second-order valence-electron chi connectivity index (χ2n) is 6.67. The average molecular weight is 392 g/mol. The Labute approximate surface area is 167 Å². The molecule has 0 saturated carbocycles. The molecule has 0 aromatic heterocycles. The number of Topliss-reactive ketones (excluding diaryl/α,β-unsaturated/α-hetero) is 1. The summed E-state index contributed by atoms with van der Waals surface area (Å²) in [4.78, 5) is 37.9. The highest BCUT2D eigenvalue weighted by molar-refractivity contribution is 6.28. The summed E-state index contributed by atoms with van der Waals surface area (Å²) in [5, 5.41) is 2.41. The van der Waals surface area contributed by atoms with E-state index in [-0.39, 0.29) is 25.4 Å². The molecule has 0 aliphatic heterocycles. The van der Waals surface area contributed by atoms with Gasteiger partial charge in [-0.05, 0) is 28.7 Å². The fourth-order valence-corrected chi connectivity index (χ4v) is 3.50. The van der Waals surface area contributed by atoms with Gasteiger partial charge in [-0.3, -0.25) is 9.59 Å². The van der Waals surface area contributed by atoms with Gasteiger partial charge in [0.05, 0.1) is 0 Å². The van der Waals surface area contributed by atoms with Crippen molar-refractivity contribution in [2.24, 2.45) is 5.73 Å². The molecule has 0 saturated heterocycles. The van der Waals surface area contributed by atoms with Crippen molar-refractivity contribution in [3.63, 3.8) is 0 Å². The number of primary amides is 1. The number of nitrogens with one attached hydrogen (secondary N) is 1. The highest BCUT2D eigenvalue weighted by atomic mass is 16.5. The molecule has 8 nitrogen and oxygen atoms in total. The zero-order valence-electron chi connectivity index (χ0n) is 15.6. The molecule has 2 aromatic rings. The molecule has 148 valence electrons. The number of carbonyl (C=O) groups excluding carboxylic acids is 3. The molecule has 29 heavy (non-hydrogen) atoms. The van der Waals surface area contributed by atoms with Gasteiger partial charge in [0.2, 0.25) is 5.91 Å². The molecule has 1 atom stereocenters. The number of ketones is 1. The van der Waals surface area contributed by atoms with Crippen LogP contribution in [0.25, 0.3) is 16.7 Å². The zero-order chi connectivity index (χ0) is 20.8. The maximum atomic E-state index is 12.3. The number of benzene rings is 2. The zero-order valence-corrected chi connectivity index (χ0v) is 15.6. The maximum Gasteiger partial charge on any atom is 0.407 e. The lowest BCUT2D eigenvalue weighted by atomic mass is 9.98. The van der Waals surface area contributed by atoms with Crippen LogP contribution in [0.4, 0.5) is 4.79 Å². The average Bonchev–Trinajstić information content (AvgIpc) is 3.03. The van der Waals surface area contributed by atoms with E-state index in [9.17, 15) is 14.4 Å². The minimum Gasteiger partial charge on any atom is -0.449 e. The lowest BCUT2D eigenvalue weighted by Crippen LogP contribution is -2.42. The van der Waals surface area contributed by atoms with E-state index in [1.807, 2.05) is 48.5 Å². The third kappa shape index (κ3) is 4.56. The second-order valence-corrected chi connectivity index (χ2v) is 6.67. The van der Waals surface area contributed by atoms with Crippen molar-refractivity contribution >= 4 is 24.0 Å². The molecule has 2 aromatic carbocycles. The number of nitrogens with zero attached hydrogens (tertiary/aromatic N) is 2. The van der Waals surface area contributed by atoms with Crippen LogP contribution >= 0.6 is 0 Å². The van der Waals surface area contributed by atoms with Gasteiger partial charge in [0, 0.05) is 12.3 Å². The van der Waals surface area contributed by atoms with Crippen molar-refractivity contribution in [3.05, 3.63) is 65.2 Å². The van der Waals surface area contributed by atoms with Crippen LogP contribution in [-0.4, -0.2) is 41.4 Å². The molecule has 8 heteroatoms.